The molecule has 1 aliphatic rings. The second kappa shape index (κ2) is 7.79. The SMILES string of the molecule is COPOC1C(CO)OC(Nc2ncnc(N)c2NN)C1O. The van der Waals surface area contributed by atoms with E-state index in [0.717, 1.165) is 0 Å². The lowest BCUT2D eigenvalue weighted by molar-refractivity contribution is -0.00756. The zero-order valence-electron chi connectivity index (χ0n) is 11.8. The summed E-state index contributed by atoms with van der Waals surface area (Å²) in [6.45, 7) is -0.317. The molecule has 0 saturated carbocycles. The average Bonchev–Trinajstić information content (AvgIpc) is 2.81. The maximum absolute atomic E-state index is 10.3. The van der Waals surface area contributed by atoms with Gasteiger partial charge in [0, 0.05) is 7.11 Å². The van der Waals surface area contributed by atoms with Crippen molar-refractivity contribution in [3.63, 3.8) is 0 Å². The highest BCUT2D eigenvalue weighted by atomic mass is 31.1. The molecule has 12 heteroatoms. The molecular formula is C10H19N6O5P. The fourth-order valence-corrected chi connectivity index (χ4v) is 2.54. The van der Waals surface area contributed by atoms with Gasteiger partial charge in [0.1, 0.15) is 30.3 Å². The molecule has 5 unspecified atom stereocenters. The molecule has 1 aromatic rings. The molecule has 2 heterocycles. The molecule has 22 heavy (non-hydrogen) atoms. The van der Waals surface area contributed by atoms with Crippen molar-refractivity contribution >= 4 is 26.4 Å². The summed E-state index contributed by atoms with van der Waals surface area (Å²) < 4.78 is 15.7. The van der Waals surface area contributed by atoms with Crippen molar-refractivity contribution in [2.24, 2.45) is 5.84 Å². The van der Waals surface area contributed by atoms with Crippen LogP contribution in [0.4, 0.5) is 17.3 Å². The zero-order chi connectivity index (χ0) is 16.1. The van der Waals surface area contributed by atoms with Crippen LogP contribution >= 0.6 is 9.03 Å². The van der Waals surface area contributed by atoms with Crippen LogP contribution in [0.3, 0.4) is 0 Å². The molecule has 0 spiro atoms. The van der Waals surface area contributed by atoms with Gasteiger partial charge in [-0.3, -0.25) is 5.84 Å². The summed E-state index contributed by atoms with van der Waals surface area (Å²) in [6.07, 6.45) is -2.13. The van der Waals surface area contributed by atoms with Crippen molar-refractivity contribution in [2.75, 3.05) is 30.2 Å². The molecule has 8 N–H and O–H groups in total. The zero-order valence-corrected chi connectivity index (χ0v) is 12.8. The van der Waals surface area contributed by atoms with Crippen LogP contribution in [0.5, 0.6) is 0 Å². The van der Waals surface area contributed by atoms with Gasteiger partial charge in [-0.1, -0.05) is 0 Å². The quantitative estimate of drug-likeness (QED) is 0.192. The molecule has 0 amide bonds. The molecule has 1 aliphatic heterocycles. The number of nitrogens with two attached hydrogens (primary N) is 2. The molecule has 124 valence electrons. The van der Waals surface area contributed by atoms with Crippen LogP contribution in [-0.4, -0.2) is 58.4 Å². The number of aliphatic hydroxyl groups is 2. The first kappa shape index (κ1) is 17.0. The molecular weight excluding hydrogens is 315 g/mol. The van der Waals surface area contributed by atoms with Gasteiger partial charge in [-0.2, -0.15) is 0 Å². The van der Waals surface area contributed by atoms with E-state index in [1.54, 1.807) is 0 Å². The molecule has 0 radical (unpaired) electrons. The van der Waals surface area contributed by atoms with E-state index in [4.69, 9.17) is 25.4 Å². The number of anilines is 3. The summed E-state index contributed by atoms with van der Waals surface area (Å²) in [5.41, 5.74) is 8.31. The van der Waals surface area contributed by atoms with Crippen LogP contribution in [-0.2, 0) is 13.8 Å². The fraction of sp³-hybridized carbons (Fsp3) is 0.600. The summed E-state index contributed by atoms with van der Waals surface area (Å²) >= 11 is 0. The van der Waals surface area contributed by atoms with E-state index in [-0.39, 0.29) is 33.0 Å². The molecule has 1 fully saturated rings. The number of nitrogens with one attached hydrogen (secondary N) is 2. The smallest absolute Gasteiger partial charge is 0.158 e. The maximum atomic E-state index is 10.3. The second-order valence-electron chi connectivity index (χ2n) is 4.41. The van der Waals surface area contributed by atoms with E-state index in [2.05, 4.69) is 20.7 Å². The van der Waals surface area contributed by atoms with E-state index < -0.39 is 24.5 Å². The number of ether oxygens (including phenoxy) is 1. The Morgan fingerprint density at radius 3 is 2.91 bits per heavy atom. The van der Waals surface area contributed by atoms with Crippen molar-refractivity contribution in [3.05, 3.63) is 6.33 Å². The molecule has 1 aromatic heterocycles. The van der Waals surface area contributed by atoms with Gasteiger partial charge >= 0.3 is 0 Å². The van der Waals surface area contributed by atoms with E-state index >= 15 is 0 Å². The normalized spacial score (nSPS) is 28.4. The summed E-state index contributed by atoms with van der Waals surface area (Å²) in [5, 5.41) is 22.4. The van der Waals surface area contributed by atoms with E-state index in [1.165, 1.54) is 13.4 Å². The molecule has 0 bridgehead atoms. The summed E-state index contributed by atoms with van der Waals surface area (Å²) in [4.78, 5) is 7.78. The van der Waals surface area contributed by atoms with Gasteiger partial charge in [-0.15, -0.1) is 0 Å². The Morgan fingerprint density at radius 1 is 1.50 bits per heavy atom. The predicted molar refractivity (Wildman–Crippen MR) is 79.8 cm³/mol. The number of hydrazine groups is 1. The second-order valence-corrected chi connectivity index (χ2v) is 5.22. The van der Waals surface area contributed by atoms with Gasteiger partial charge in [0.05, 0.1) is 6.61 Å². The fourth-order valence-electron chi connectivity index (χ4n) is 2.04. The molecule has 0 aliphatic carbocycles. The van der Waals surface area contributed by atoms with Crippen LogP contribution in [0.1, 0.15) is 0 Å². The molecule has 0 aromatic carbocycles. The Kier molecular flexibility index (Phi) is 6.03. The van der Waals surface area contributed by atoms with Crippen molar-refractivity contribution < 1.29 is 24.0 Å². The third kappa shape index (κ3) is 3.52. The van der Waals surface area contributed by atoms with Crippen molar-refractivity contribution in [2.45, 2.75) is 24.5 Å². The molecule has 1 saturated heterocycles. The Labute approximate surface area is 128 Å². The lowest BCUT2D eigenvalue weighted by Gasteiger charge is -2.20. The van der Waals surface area contributed by atoms with Gasteiger partial charge < -0.3 is 40.5 Å². The standard InChI is InChI=1S/C10H19N6O5P/c1-19-22-21-7-4(2-17)20-10(6(7)18)15-9-5(16-12)8(11)13-3-14-9/h3-4,6-7,10,16-18,22H,2,12H2,1H3,(H3,11,13,14,15). The van der Waals surface area contributed by atoms with Crippen molar-refractivity contribution in [3.8, 4) is 0 Å². The highest BCUT2D eigenvalue weighted by Crippen LogP contribution is 2.31. The number of aliphatic hydroxyl groups excluding tert-OH is 2. The highest BCUT2D eigenvalue weighted by molar-refractivity contribution is 7.26. The van der Waals surface area contributed by atoms with Crippen LogP contribution in [0, 0.1) is 0 Å². The van der Waals surface area contributed by atoms with Crippen LogP contribution in [0.25, 0.3) is 0 Å². The number of hydrogen-bond acceptors (Lipinski definition) is 11. The van der Waals surface area contributed by atoms with Crippen molar-refractivity contribution in [1.82, 2.24) is 9.97 Å². The third-order valence-corrected chi connectivity index (χ3v) is 3.62. The van der Waals surface area contributed by atoms with Gasteiger partial charge in [0.25, 0.3) is 0 Å². The van der Waals surface area contributed by atoms with Gasteiger partial charge in [-0.25, -0.2) is 9.97 Å². The lowest BCUT2D eigenvalue weighted by Crippen LogP contribution is -2.37. The van der Waals surface area contributed by atoms with E-state index in [1.807, 2.05) is 0 Å². The minimum atomic E-state index is -1.05. The highest BCUT2D eigenvalue weighted by Gasteiger charge is 2.45. The third-order valence-electron chi connectivity index (χ3n) is 3.08. The first-order valence-electron chi connectivity index (χ1n) is 6.34. The van der Waals surface area contributed by atoms with Crippen LogP contribution in [0.15, 0.2) is 6.33 Å². The number of nitrogen functional groups attached to an aromatic ring is 2. The van der Waals surface area contributed by atoms with E-state index in [0.29, 0.717) is 0 Å². The summed E-state index contributed by atoms with van der Waals surface area (Å²) in [6, 6.07) is 0. The van der Waals surface area contributed by atoms with Gasteiger partial charge in [0.15, 0.2) is 26.9 Å². The van der Waals surface area contributed by atoms with Gasteiger partial charge in [-0.05, 0) is 0 Å². The largest absolute Gasteiger partial charge is 0.394 e. The maximum Gasteiger partial charge on any atom is 0.158 e. The van der Waals surface area contributed by atoms with Crippen molar-refractivity contribution in [1.29, 1.82) is 0 Å². The number of nitrogens with zero attached hydrogens (tertiary/aromatic N) is 2. The Bertz CT molecular complexity index is 497. The minimum absolute atomic E-state index is 0.139. The predicted octanol–water partition coefficient (Wildman–Crippen LogP) is -1.63. The Hall–Kier alpha value is -1.33. The number of hydrogen-bond donors (Lipinski definition) is 6. The minimum Gasteiger partial charge on any atom is -0.394 e. The Balaban J connectivity index is 2.12. The number of aromatic nitrogens is 2. The van der Waals surface area contributed by atoms with E-state index in [9.17, 15) is 10.2 Å². The topological polar surface area (TPSA) is 170 Å². The molecule has 5 atom stereocenters. The molecule has 11 nitrogen and oxygen atoms in total. The first-order chi connectivity index (χ1) is 10.6. The monoisotopic (exact) mass is 334 g/mol. The molecule has 2 rings (SSSR count). The average molecular weight is 334 g/mol. The summed E-state index contributed by atoms with van der Waals surface area (Å²) in [7, 11) is 1.19. The Morgan fingerprint density at radius 2 is 2.27 bits per heavy atom. The summed E-state index contributed by atoms with van der Waals surface area (Å²) in [5.74, 6) is 5.77. The van der Waals surface area contributed by atoms with Crippen LogP contribution in [0.2, 0.25) is 0 Å². The van der Waals surface area contributed by atoms with Gasteiger partial charge in [0.2, 0.25) is 0 Å². The van der Waals surface area contributed by atoms with Crippen LogP contribution < -0.4 is 22.3 Å². The lowest BCUT2D eigenvalue weighted by atomic mass is 10.1. The first-order valence-corrected chi connectivity index (χ1v) is 7.15. The number of rotatable bonds is 7.